The van der Waals surface area contributed by atoms with Crippen LogP contribution in [0.4, 0.5) is 0 Å². The van der Waals surface area contributed by atoms with Crippen molar-refractivity contribution in [1.29, 1.82) is 0 Å². The summed E-state index contributed by atoms with van der Waals surface area (Å²) in [6.07, 6.45) is 2.43. The third kappa shape index (κ3) is 3.70. The molecule has 2 nitrogen and oxygen atoms in total. The van der Waals surface area contributed by atoms with E-state index in [-0.39, 0.29) is 17.5 Å². The molecule has 17 heavy (non-hydrogen) atoms. The minimum Gasteiger partial charge on any atom is -0.300 e. The van der Waals surface area contributed by atoms with Crippen molar-refractivity contribution in [2.45, 2.75) is 30.6 Å². The summed E-state index contributed by atoms with van der Waals surface area (Å²) >= 11 is 1.70. The van der Waals surface area contributed by atoms with Crippen molar-refractivity contribution in [3.05, 3.63) is 30.3 Å². The first-order chi connectivity index (χ1) is 8.25. The maximum absolute atomic E-state index is 11.8. The molecule has 2 rings (SSSR count). The normalized spacial score (nSPS) is 19.5. The van der Waals surface area contributed by atoms with Crippen molar-refractivity contribution < 1.29 is 9.59 Å². The summed E-state index contributed by atoms with van der Waals surface area (Å²) in [4.78, 5) is 24.1. The molecule has 0 spiro atoms. The van der Waals surface area contributed by atoms with Crippen LogP contribution in [0.5, 0.6) is 0 Å². The van der Waals surface area contributed by atoms with Crippen LogP contribution in [0, 0.1) is 5.92 Å². The fourth-order valence-electron chi connectivity index (χ4n) is 2.08. The van der Waals surface area contributed by atoms with E-state index in [9.17, 15) is 9.59 Å². The minimum atomic E-state index is 0.0128. The average Bonchev–Trinajstić information content (AvgIpc) is 2.77. The molecule has 0 saturated heterocycles. The van der Waals surface area contributed by atoms with Crippen LogP contribution in [0.2, 0.25) is 0 Å². The van der Waals surface area contributed by atoms with E-state index in [0.717, 1.165) is 12.2 Å². The molecule has 0 aromatic heterocycles. The van der Waals surface area contributed by atoms with Crippen molar-refractivity contribution in [3.8, 4) is 0 Å². The smallest absolute Gasteiger partial charge is 0.137 e. The van der Waals surface area contributed by atoms with Crippen LogP contribution < -0.4 is 0 Å². The summed E-state index contributed by atoms with van der Waals surface area (Å²) in [6, 6.07) is 10.1. The number of benzene rings is 1. The van der Waals surface area contributed by atoms with Gasteiger partial charge in [0.15, 0.2) is 0 Å². The lowest BCUT2D eigenvalue weighted by Gasteiger charge is -2.06. The molecule has 1 atom stereocenters. The largest absolute Gasteiger partial charge is 0.300 e. The summed E-state index contributed by atoms with van der Waals surface area (Å²) < 4.78 is 0. The Labute approximate surface area is 106 Å². The lowest BCUT2D eigenvalue weighted by Crippen LogP contribution is -2.12. The van der Waals surface area contributed by atoms with Gasteiger partial charge < -0.3 is 0 Å². The average molecular weight is 248 g/mol. The first-order valence-electron chi connectivity index (χ1n) is 5.98. The van der Waals surface area contributed by atoms with E-state index < -0.39 is 0 Å². The van der Waals surface area contributed by atoms with Crippen LogP contribution in [0.3, 0.4) is 0 Å². The highest BCUT2D eigenvalue weighted by Crippen LogP contribution is 2.25. The minimum absolute atomic E-state index is 0.0128. The third-order valence-corrected chi connectivity index (χ3v) is 4.08. The molecule has 0 bridgehead atoms. The number of hydrogen-bond acceptors (Lipinski definition) is 3. The number of hydrogen-bond donors (Lipinski definition) is 0. The van der Waals surface area contributed by atoms with E-state index >= 15 is 0 Å². The fourth-order valence-corrected chi connectivity index (χ4v) is 2.97. The first-order valence-corrected chi connectivity index (χ1v) is 6.96. The quantitative estimate of drug-likeness (QED) is 0.751. The van der Waals surface area contributed by atoms with E-state index in [1.54, 1.807) is 11.8 Å². The van der Waals surface area contributed by atoms with Crippen LogP contribution >= 0.6 is 11.8 Å². The van der Waals surface area contributed by atoms with Crippen LogP contribution in [0.25, 0.3) is 0 Å². The van der Waals surface area contributed by atoms with E-state index in [4.69, 9.17) is 0 Å². The standard InChI is InChI=1S/C14H16O2S/c15-12-7-6-11(10-12)14(16)8-9-17-13-4-2-1-3-5-13/h1-5,11H,6-10H2. The Morgan fingerprint density at radius 2 is 2.06 bits per heavy atom. The Morgan fingerprint density at radius 1 is 1.29 bits per heavy atom. The highest BCUT2D eigenvalue weighted by molar-refractivity contribution is 7.99. The van der Waals surface area contributed by atoms with Gasteiger partial charge in [0.1, 0.15) is 11.6 Å². The topological polar surface area (TPSA) is 34.1 Å². The molecule has 1 aliphatic carbocycles. The Kier molecular flexibility index (Phi) is 4.37. The van der Waals surface area contributed by atoms with Crippen LogP contribution in [0.1, 0.15) is 25.7 Å². The van der Waals surface area contributed by atoms with Gasteiger partial charge in [-0.2, -0.15) is 0 Å². The van der Waals surface area contributed by atoms with Gasteiger partial charge in [-0.15, -0.1) is 11.8 Å². The lowest BCUT2D eigenvalue weighted by atomic mass is 10.0. The molecule has 1 unspecified atom stereocenters. The summed E-state index contributed by atoms with van der Waals surface area (Å²) in [5.41, 5.74) is 0. The van der Waals surface area contributed by atoms with E-state index in [2.05, 4.69) is 0 Å². The van der Waals surface area contributed by atoms with E-state index in [1.165, 1.54) is 4.90 Å². The molecule has 90 valence electrons. The Hall–Kier alpha value is -1.09. The molecule has 1 saturated carbocycles. The predicted octanol–water partition coefficient (Wildman–Crippen LogP) is 3.11. The van der Waals surface area contributed by atoms with Gasteiger partial charge in [-0.3, -0.25) is 9.59 Å². The molecule has 0 N–H and O–H groups in total. The highest BCUT2D eigenvalue weighted by Gasteiger charge is 2.27. The second-order valence-corrected chi connectivity index (χ2v) is 5.52. The Balaban J connectivity index is 1.72. The maximum atomic E-state index is 11.8. The summed E-state index contributed by atoms with van der Waals surface area (Å²) in [7, 11) is 0. The van der Waals surface area contributed by atoms with Crippen molar-refractivity contribution in [2.75, 3.05) is 5.75 Å². The molecule has 0 aliphatic heterocycles. The molecule has 3 heteroatoms. The molecular formula is C14H16O2S. The molecule has 1 aromatic carbocycles. The van der Waals surface area contributed by atoms with Gasteiger partial charge in [-0.05, 0) is 18.6 Å². The van der Waals surface area contributed by atoms with Crippen molar-refractivity contribution in [3.63, 3.8) is 0 Å². The van der Waals surface area contributed by atoms with Crippen molar-refractivity contribution in [1.82, 2.24) is 0 Å². The zero-order valence-electron chi connectivity index (χ0n) is 9.72. The van der Waals surface area contributed by atoms with Crippen molar-refractivity contribution in [2.24, 2.45) is 5.92 Å². The monoisotopic (exact) mass is 248 g/mol. The molecular weight excluding hydrogens is 232 g/mol. The fraction of sp³-hybridized carbons (Fsp3) is 0.429. The molecule has 0 amide bonds. The predicted molar refractivity (Wildman–Crippen MR) is 69.1 cm³/mol. The lowest BCUT2D eigenvalue weighted by molar-refractivity contribution is -0.124. The molecule has 1 fully saturated rings. The summed E-state index contributed by atoms with van der Waals surface area (Å²) in [5.74, 6) is 1.34. The zero-order chi connectivity index (χ0) is 12.1. The van der Waals surface area contributed by atoms with Crippen LogP contribution in [0.15, 0.2) is 35.2 Å². The van der Waals surface area contributed by atoms with Gasteiger partial charge in [-0.25, -0.2) is 0 Å². The summed E-state index contributed by atoms with van der Waals surface area (Å²) in [6.45, 7) is 0. The number of carbonyl (C=O) groups is 2. The number of thioether (sulfide) groups is 1. The number of ketones is 2. The van der Waals surface area contributed by atoms with Gasteiger partial charge in [-0.1, -0.05) is 18.2 Å². The third-order valence-electron chi connectivity index (χ3n) is 3.06. The van der Waals surface area contributed by atoms with Gasteiger partial charge in [0.05, 0.1) is 0 Å². The van der Waals surface area contributed by atoms with Gasteiger partial charge in [0.2, 0.25) is 0 Å². The van der Waals surface area contributed by atoms with E-state index in [1.807, 2.05) is 30.3 Å². The first kappa shape index (κ1) is 12.4. The second-order valence-electron chi connectivity index (χ2n) is 4.36. The second kappa shape index (κ2) is 6.01. The SMILES string of the molecule is O=C1CCC(C(=O)CCSc2ccccc2)C1. The number of rotatable bonds is 5. The maximum Gasteiger partial charge on any atom is 0.137 e. The van der Waals surface area contributed by atoms with Gasteiger partial charge >= 0.3 is 0 Å². The van der Waals surface area contributed by atoms with Crippen LogP contribution in [-0.4, -0.2) is 17.3 Å². The molecule has 1 aromatic rings. The zero-order valence-corrected chi connectivity index (χ0v) is 10.5. The Morgan fingerprint density at radius 3 is 2.71 bits per heavy atom. The number of carbonyl (C=O) groups excluding carboxylic acids is 2. The van der Waals surface area contributed by atoms with Crippen molar-refractivity contribution >= 4 is 23.3 Å². The van der Waals surface area contributed by atoms with Crippen LogP contribution in [-0.2, 0) is 9.59 Å². The molecule has 0 radical (unpaired) electrons. The van der Waals surface area contributed by atoms with Gasteiger partial charge in [0, 0.05) is 35.8 Å². The molecule has 1 aliphatic rings. The number of Topliss-reactive ketones (excluding diaryl/α,β-unsaturated/α-hetero) is 2. The van der Waals surface area contributed by atoms with E-state index in [0.29, 0.717) is 19.3 Å². The van der Waals surface area contributed by atoms with Gasteiger partial charge in [0.25, 0.3) is 0 Å². The highest BCUT2D eigenvalue weighted by atomic mass is 32.2. The Bertz CT molecular complexity index is 400. The molecule has 0 heterocycles. The summed E-state index contributed by atoms with van der Waals surface area (Å²) in [5, 5.41) is 0.